The second-order valence-electron chi connectivity index (χ2n) is 9.39. The van der Waals surface area contributed by atoms with E-state index in [0.717, 1.165) is 40.8 Å². The Morgan fingerprint density at radius 2 is 2.10 bits per heavy atom. The fourth-order valence-electron chi connectivity index (χ4n) is 5.15. The van der Waals surface area contributed by atoms with Crippen molar-refractivity contribution in [2.75, 3.05) is 41.2 Å². The highest BCUT2D eigenvalue weighted by Crippen LogP contribution is 2.36. The van der Waals surface area contributed by atoms with Crippen LogP contribution in [0.15, 0.2) is 30.6 Å². The van der Waals surface area contributed by atoms with Gasteiger partial charge in [-0.25, -0.2) is 14.8 Å². The molecule has 2 aromatic heterocycles. The van der Waals surface area contributed by atoms with Crippen LogP contribution in [-0.2, 0) is 32.0 Å². The maximum absolute atomic E-state index is 13.7. The molecule has 11 nitrogen and oxygen atoms in total. The van der Waals surface area contributed by atoms with Crippen molar-refractivity contribution < 1.29 is 23.1 Å². The molecule has 0 bridgehead atoms. The fourth-order valence-corrected chi connectivity index (χ4v) is 7.21. The van der Waals surface area contributed by atoms with E-state index in [1.807, 2.05) is 6.07 Å². The average molecular weight is 592 g/mol. The number of pyridine rings is 1. The Hall–Kier alpha value is -3.00. The van der Waals surface area contributed by atoms with E-state index in [2.05, 4.69) is 14.9 Å². The van der Waals surface area contributed by atoms with Crippen LogP contribution in [0, 0.1) is 0 Å². The van der Waals surface area contributed by atoms with Crippen molar-refractivity contribution in [2.24, 2.45) is 0 Å². The highest BCUT2D eigenvalue weighted by molar-refractivity contribution is 7.81. The van der Waals surface area contributed by atoms with E-state index < -0.39 is 35.2 Å². The first-order valence-electron chi connectivity index (χ1n) is 12.7. The monoisotopic (exact) mass is 591 g/mol. The zero-order valence-corrected chi connectivity index (χ0v) is 23.6. The summed E-state index contributed by atoms with van der Waals surface area (Å²) in [6, 6.07) is 3.31. The summed E-state index contributed by atoms with van der Waals surface area (Å²) in [4.78, 5) is 38.8. The van der Waals surface area contributed by atoms with E-state index in [4.69, 9.17) is 22.1 Å². The largest absolute Gasteiger partial charge is 0.755 e. The second-order valence-corrected chi connectivity index (χ2v) is 11.6. The molecule has 0 saturated carbocycles. The number of rotatable bonds is 9. The number of esters is 1. The van der Waals surface area contributed by atoms with Crippen molar-refractivity contribution in [1.29, 1.82) is 0 Å². The zero-order chi connectivity index (χ0) is 27.7. The standard InChI is InChI=1S/C25H29ClN6O5S2/c1-2-37-24(34)20(12-16-11-15-5-7-28-22(27)17(15)13-18(16)26)31-10-6-19(23(31)33)32(39(35)36)21-14-29-25(38-21)30-8-3-4-9-30/h5,7,11,13-14,19-20H,2-4,6,8-10,12H2,1H3,(H2,27,28)(H,35,36)/p-1/t19-,20+/m0/s1. The van der Waals surface area contributed by atoms with Crippen LogP contribution in [0.25, 0.3) is 10.8 Å². The molecule has 3 aromatic rings. The normalized spacial score (nSPS) is 19.1. The number of nitrogens with zero attached hydrogens (tertiary/aromatic N) is 5. The molecule has 3 atom stereocenters. The number of aromatic nitrogens is 2. The number of carbonyl (C=O) groups is 2. The first-order chi connectivity index (χ1) is 18.8. The third-order valence-electron chi connectivity index (χ3n) is 7.04. The summed E-state index contributed by atoms with van der Waals surface area (Å²) < 4.78 is 31.1. The van der Waals surface area contributed by atoms with E-state index in [0.29, 0.717) is 26.8 Å². The number of amides is 1. The van der Waals surface area contributed by atoms with Gasteiger partial charge in [-0.1, -0.05) is 22.9 Å². The quantitative estimate of drug-likeness (QED) is 0.293. The Balaban J connectivity index is 1.42. The maximum atomic E-state index is 13.7. The first-order valence-corrected chi connectivity index (χ1v) is 14.9. The van der Waals surface area contributed by atoms with Crippen molar-refractivity contribution in [3.63, 3.8) is 0 Å². The van der Waals surface area contributed by atoms with Crippen LogP contribution in [0.4, 0.5) is 16.0 Å². The third kappa shape index (κ3) is 5.53. The molecule has 14 heteroatoms. The molecular weight excluding hydrogens is 564 g/mol. The molecule has 1 amide bonds. The predicted octanol–water partition coefficient (Wildman–Crippen LogP) is 2.90. The average Bonchev–Trinajstić information content (AvgIpc) is 3.66. The molecule has 1 unspecified atom stereocenters. The number of thiazole rings is 1. The van der Waals surface area contributed by atoms with Crippen LogP contribution >= 0.6 is 22.9 Å². The van der Waals surface area contributed by atoms with Gasteiger partial charge in [-0.15, -0.1) is 0 Å². The van der Waals surface area contributed by atoms with Gasteiger partial charge in [0.05, 0.1) is 12.8 Å². The molecule has 5 rings (SSSR count). The van der Waals surface area contributed by atoms with Gasteiger partial charge >= 0.3 is 5.97 Å². The number of benzene rings is 1. The number of fused-ring (bicyclic) bond motifs is 1. The van der Waals surface area contributed by atoms with Crippen LogP contribution < -0.4 is 14.9 Å². The van der Waals surface area contributed by atoms with E-state index >= 15 is 0 Å². The minimum atomic E-state index is -2.72. The predicted molar refractivity (Wildman–Crippen MR) is 150 cm³/mol. The van der Waals surface area contributed by atoms with Crippen LogP contribution in [0.1, 0.15) is 31.7 Å². The lowest BCUT2D eigenvalue weighted by Crippen LogP contribution is -2.49. The topological polar surface area (TPSA) is 145 Å². The van der Waals surface area contributed by atoms with E-state index in [1.54, 1.807) is 25.3 Å². The smallest absolute Gasteiger partial charge is 0.329 e. The summed E-state index contributed by atoms with van der Waals surface area (Å²) in [5.74, 6) is -0.721. The maximum Gasteiger partial charge on any atom is 0.329 e. The van der Waals surface area contributed by atoms with Gasteiger partial charge in [-0.3, -0.25) is 13.3 Å². The Morgan fingerprint density at radius 1 is 1.33 bits per heavy atom. The molecule has 0 aliphatic carbocycles. The molecule has 0 radical (unpaired) electrons. The molecule has 2 N–H and O–H groups in total. The molecule has 208 valence electrons. The van der Waals surface area contributed by atoms with E-state index in [9.17, 15) is 18.4 Å². The number of nitrogen functional groups attached to an aromatic ring is 1. The number of hydrogen-bond acceptors (Lipinski definition) is 10. The van der Waals surface area contributed by atoms with Crippen molar-refractivity contribution in [1.82, 2.24) is 14.9 Å². The van der Waals surface area contributed by atoms with Gasteiger partial charge in [-0.2, -0.15) is 0 Å². The number of hydrogen-bond donors (Lipinski definition) is 1. The Labute approximate surface area is 237 Å². The van der Waals surface area contributed by atoms with Crippen LogP contribution in [-0.4, -0.2) is 73.8 Å². The van der Waals surface area contributed by atoms with Gasteiger partial charge < -0.3 is 24.8 Å². The van der Waals surface area contributed by atoms with Crippen molar-refractivity contribution in [2.45, 2.75) is 44.7 Å². The summed E-state index contributed by atoms with van der Waals surface area (Å²) in [5, 5.41) is 2.94. The Bertz CT molecular complexity index is 1410. The van der Waals surface area contributed by atoms with Crippen LogP contribution in [0.2, 0.25) is 5.02 Å². The summed E-state index contributed by atoms with van der Waals surface area (Å²) in [6.45, 7) is 3.73. The summed E-state index contributed by atoms with van der Waals surface area (Å²) in [7, 11) is 0. The van der Waals surface area contributed by atoms with Gasteiger partial charge in [-0.05, 0) is 55.3 Å². The Kier molecular flexibility index (Phi) is 8.21. The van der Waals surface area contributed by atoms with E-state index in [-0.39, 0.29) is 26.0 Å². The SMILES string of the molecule is CCOC(=O)[C@@H](Cc1cc2ccnc(N)c2cc1Cl)N1CC[C@H](N(c2cnc(N3CCCC3)s2)S(=O)[O-])C1=O. The molecule has 39 heavy (non-hydrogen) atoms. The number of ether oxygens (including phenoxy) is 1. The van der Waals surface area contributed by atoms with Gasteiger partial charge in [0.25, 0.3) is 0 Å². The fraction of sp³-hybridized carbons (Fsp3) is 0.440. The summed E-state index contributed by atoms with van der Waals surface area (Å²) in [5.41, 5.74) is 6.61. The first kappa shape index (κ1) is 27.6. The molecule has 4 heterocycles. The third-order valence-corrected chi connectivity index (χ3v) is 9.34. The number of carbonyl (C=O) groups excluding carboxylic acids is 2. The summed E-state index contributed by atoms with van der Waals surface area (Å²) >= 11 is 5.08. The number of halogens is 1. The highest BCUT2D eigenvalue weighted by atomic mass is 35.5. The minimum absolute atomic E-state index is 0.0917. The number of anilines is 3. The lowest BCUT2D eigenvalue weighted by atomic mass is 10.0. The van der Waals surface area contributed by atoms with Gasteiger partial charge in [0.1, 0.15) is 22.9 Å². The van der Waals surface area contributed by atoms with Crippen LogP contribution in [0.3, 0.4) is 0 Å². The van der Waals surface area contributed by atoms with Gasteiger partial charge in [0.15, 0.2) is 5.13 Å². The lowest BCUT2D eigenvalue weighted by Gasteiger charge is -2.31. The molecular formula is C25H28ClN6O5S2-. The zero-order valence-electron chi connectivity index (χ0n) is 21.2. The molecule has 2 aliphatic rings. The van der Waals surface area contributed by atoms with Crippen LogP contribution in [0.5, 0.6) is 0 Å². The van der Waals surface area contributed by atoms with Crippen molar-refractivity contribution >= 4 is 72.8 Å². The molecule has 2 fully saturated rings. The number of nitrogens with two attached hydrogens (primary N) is 1. The molecule has 0 spiro atoms. The molecule has 2 saturated heterocycles. The minimum Gasteiger partial charge on any atom is -0.755 e. The van der Waals surface area contributed by atoms with Crippen molar-refractivity contribution in [3.05, 3.63) is 41.2 Å². The second kappa shape index (κ2) is 11.6. The van der Waals surface area contributed by atoms with Gasteiger partial charge in [0, 0.05) is 53.9 Å². The lowest BCUT2D eigenvalue weighted by molar-refractivity contribution is -0.153. The highest BCUT2D eigenvalue weighted by Gasteiger charge is 2.43. The molecule has 1 aromatic carbocycles. The van der Waals surface area contributed by atoms with E-state index in [1.165, 1.54) is 22.4 Å². The Morgan fingerprint density at radius 3 is 2.82 bits per heavy atom. The number of likely N-dealkylation sites (tertiary alicyclic amines) is 1. The van der Waals surface area contributed by atoms with Crippen molar-refractivity contribution in [3.8, 4) is 0 Å². The summed E-state index contributed by atoms with van der Waals surface area (Å²) in [6.07, 6.45) is 5.49. The van der Waals surface area contributed by atoms with Gasteiger partial charge in [0.2, 0.25) is 5.91 Å². The molecule has 2 aliphatic heterocycles.